The molecule has 3 heteroatoms. The Morgan fingerprint density at radius 1 is 1.00 bits per heavy atom. The van der Waals surface area contributed by atoms with Gasteiger partial charge in [0.1, 0.15) is 0 Å². The van der Waals surface area contributed by atoms with E-state index >= 15 is 0 Å². The van der Waals surface area contributed by atoms with E-state index in [0.29, 0.717) is 0 Å². The quantitative estimate of drug-likeness (QED) is 0.520. The van der Waals surface area contributed by atoms with Gasteiger partial charge >= 0.3 is 0 Å². The summed E-state index contributed by atoms with van der Waals surface area (Å²) in [7, 11) is 0. The van der Waals surface area contributed by atoms with Gasteiger partial charge in [-0.15, -0.1) is 12.6 Å². The molecule has 0 unspecified atom stereocenters. The van der Waals surface area contributed by atoms with E-state index < -0.39 is 0 Å². The maximum Gasteiger partial charge on any atom is 0 e. The SMILES string of the molecule is O=[C-]/C=C\[C-]=O.[U]. The summed E-state index contributed by atoms with van der Waals surface area (Å²) in [6.07, 6.45) is 4.65. The van der Waals surface area contributed by atoms with Gasteiger partial charge in [0.2, 0.25) is 0 Å². The molecule has 0 aromatic heterocycles. The van der Waals surface area contributed by atoms with Crippen molar-refractivity contribution in [1.29, 1.82) is 0 Å². The van der Waals surface area contributed by atoms with E-state index in [9.17, 15) is 9.59 Å². The van der Waals surface area contributed by atoms with Crippen LogP contribution in [0.3, 0.4) is 0 Å². The number of carbonyl (C=O) groups excluding carboxylic acids is 2. The average Bonchev–Trinajstić information content (AvgIpc) is 1.61. The van der Waals surface area contributed by atoms with Crippen molar-refractivity contribution >= 4 is 12.6 Å². The zero-order valence-corrected chi connectivity index (χ0v) is 7.63. The van der Waals surface area contributed by atoms with Crippen molar-refractivity contribution in [3.8, 4) is 0 Å². The molecule has 0 heterocycles. The molecule has 0 amide bonds. The van der Waals surface area contributed by atoms with Gasteiger partial charge < -0.3 is 21.7 Å². The topological polar surface area (TPSA) is 34.1 Å². The Bertz CT molecular complexity index is 67.8. The summed E-state index contributed by atoms with van der Waals surface area (Å²) < 4.78 is 0. The third kappa shape index (κ3) is 10.7. The first-order chi connectivity index (χ1) is 2.91. The van der Waals surface area contributed by atoms with E-state index in [-0.39, 0.29) is 31.1 Å². The second kappa shape index (κ2) is 9.46. The predicted molar refractivity (Wildman–Crippen MR) is 20.5 cm³/mol. The molecule has 0 radical (unpaired) electrons. The molecule has 0 aliphatic rings. The molecule has 7 heavy (non-hydrogen) atoms. The molecule has 0 aromatic carbocycles. The van der Waals surface area contributed by atoms with E-state index in [1.54, 1.807) is 0 Å². The van der Waals surface area contributed by atoms with Gasteiger partial charge in [0.15, 0.2) is 0 Å². The molecule has 0 bridgehead atoms. The monoisotopic (exact) mass is 320 g/mol. The number of hydrogen-bond acceptors (Lipinski definition) is 2. The standard InChI is InChI=1S/C4H2O2.U/c5-3-1-2-4-6;/h1-2H;/q-2;/b2-1-;. The van der Waals surface area contributed by atoms with Crippen molar-refractivity contribution in [1.82, 2.24) is 0 Å². The van der Waals surface area contributed by atoms with E-state index in [0.717, 1.165) is 12.2 Å². The van der Waals surface area contributed by atoms with Gasteiger partial charge in [-0.25, -0.2) is 0 Å². The molecule has 36 valence electrons. The smallest absolute Gasteiger partial charge is 0 e. The van der Waals surface area contributed by atoms with Crippen LogP contribution in [-0.4, -0.2) is 12.6 Å². The van der Waals surface area contributed by atoms with Gasteiger partial charge in [-0.1, -0.05) is 0 Å². The fourth-order valence-electron chi connectivity index (χ4n) is 0.0680. The van der Waals surface area contributed by atoms with Crippen LogP contribution in [0, 0.1) is 31.1 Å². The Kier molecular flexibility index (Phi) is 13.8. The number of hydrogen-bond donors (Lipinski definition) is 0. The molecule has 0 rings (SSSR count). The molecule has 0 aromatic rings. The van der Waals surface area contributed by atoms with Crippen LogP contribution in [0.4, 0.5) is 0 Å². The molecular weight excluding hydrogens is 318 g/mol. The normalized spacial score (nSPS) is 7.43. The maximum atomic E-state index is 9.17. The van der Waals surface area contributed by atoms with Crippen LogP contribution < -0.4 is 0 Å². The van der Waals surface area contributed by atoms with Crippen LogP contribution in [0.25, 0.3) is 0 Å². The first-order valence-electron chi connectivity index (χ1n) is 1.32. The van der Waals surface area contributed by atoms with Gasteiger partial charge in [0, 0.05) is 31.1 Å². The Hall–Kier alpha value is 0.132. The number of allylic oxidation sites excluding steroid dienone is 2. The van der Waals surface area contributed by atoms with Crippen LogP contribution in [0.5, 0.6) is 0 Å². The second-order valence-electron chi connectivity index (χ2n) is 0.569. The largest absolute Gasteiger partial charge is 0.440 e. The minimum absolute atomic E-state index is 0. The van der Waals surface area contributed by atoms with Crippen LogP contribution in [0.2, 0.25) is 0 Å². The number of rotatable bonds is 2. The minimum atomic E-state index is 0. The van der Waals surface area contributed by atoms with Crippen LogP contribution in [0.1, 0.15) is 0 Å². The average molecular weight is 320 g/mol. The Morgan fingerprint density at radius 2 is 1.29 bits per heavy atom. The first-order valence-corrected chi connectivity index (χ1v) is 1.32. The molecule has 2 nitrogen and oxygen atoms in total. The molecule has 0 N–H and O–H groups in total. The van der Waals surface area contributed by atoms with E-state index in [4.69, 9.17) is 0 Å². The zero-order valence-electron chi connectivity index (χ0n) is 3.47. The van der Waals surface area contributed by atoms with E-state index in [1.165, 1.54) is 12.6 Å². The fraction of sp³-hybridized carbons (Fsp3) is 0. The fourth-order valence-corrected chi connectivity index (χ4v) is 0.0680. The second-order valence-corrected chi connectivity index (χ2v) is 0.569. The molecule has 0 aliphatic carbocycles. The van der Waals surface area contributed by atoms with Gasteiger partial charge in [0.05, 0.1) is 0 Å². The Morgan fingerprint density at radius 3 is 1.43 bits per heavy atom. The van der Waals surface area contributed by atoms with E-state index in [1.807, 2.05) is 0 Å². The van der Waals surface area contributed by atoms with Gasteiger partial charge in [-0.05, 0) is 0 Å². The summed E-state index contributed by atoms with van der Waals surface area (Å²) in [6.45, 7) is 0. The summed E-state index contributed by atoms with van der Waals surface area (Å²) in [6, 6.07) is 0. The van der Waals surface area contributed by atoms with Crippen molar-refractivity contribution in [2.24, 2.45) is 0 Å². The Labute approximate surface area is 65.3 Å². The molecular formula is C4H2O2U-2. The minimum Gasteiger partial charge on any atom is -0.440 e. The first kappa shape index (κ1) is 10.2. The summed E-state index contributed by atoms with van der Waals surface area (Å²) in [5, 5.41) is 0. The summed E-state index contributed by atoms with van der Waals surface area (Å²) >= 11 is 0. The Balaban J connectivity index is 0. The van der Waals surface area contributed by atoms with Crippen LogP contribution >= 0.6 is 0 Å². The third-order valence-electron chi connectivity index (χ3n) is 0.219. The van der Waals surface area contributed by atoms with Crippen LogP contribution in [-0.2, 0) is 9.59 Å². The molecule has 0 spiro atoms. The third-order valence-corrected chi connectivity index (χ3v) is 0.219. The van der Waals surface area contributed by atoms with Crippen molar-refractivity contribution in [2.75, 3.05) is 0 Å². The molecule has 0 saturated heterocycles. The van der Waals surface area contributed by atoms with Gasteiger partial charge in [-0.2, -0.15) is 0 Å². The van der Waals surface area contributed by atoms with Crippen molar-refractivity contribution in [3.05, 3.63) is 12.2 Å². The molecule has 0 aliphatic heterocycles. The van der Waals surface area contributed by atoms with Gasteiger partial charge in [-0.3, -0.25) is 0 Å². The predicted octanol–water partition coefficient (Wildman–Crippen LogP) is -0.238. The van der Waals surface area contributed by atoms with Crippen LogP contribution in [0.15, 0.2) is 12.2 Å². The van der Waals surface area contributed by atoms with Gasteiger partial charge in [0.25, 0.3) is 0 Å². The summed E-state index contributed by atoms with van der Waals surface area (Å²) in [5.41, 5.74) is 0. The van der Waals surface area contributed by atoms with Crippen molar-refractivity contribution in [2.45, 2.75) is 0 Å². The molecule has 0 fully saturated rings. The molecule has 0 atom stereocenters. The summed E-state index contributed by atoms with van der Waals surface area (Å²) in [5.74, 6) is 0. The zero-order chi connectivity index (χ0) is 4.83. The maximum absolute atomic E-state index is 9.17. The van der Waals surface area contributed by atoms with Crippen molar-refractivity contribution in [3.63, 3.8) is 0 Å². The molecule has 0 saturated carbocycles. The summed E-state index contributed by atoms with van der Waals surface area (Å²) in [4.78, 5) is 18.3. The van der Waals surface area contributed by atoms with Crippen molar-refractivity contribution < 1.29 is 40.7 Å². The van der Waals surface area contributed by atoms with E-state index in [2.05, 4.69) is 0 Å².